The molecule has 4 atom stereocenters. The summed E-state index contributed by atoms with van der Waals surface area (Å²) in [5.74, 6) is -5.61. The van der Waals surface area contributed by atoms with Gasteiger partial charge in [-0.2, -0.15) is 0 Å². The molecule has 4 unspecified atom stereocenters. The minimum atomic E-state index is -1.75. The van der Waals surface area contributed by atoms with E-state index < -0.39 is 66.9 Å². The monoisotopic (exact) mass is 477 g/mol. The van der Waals surface area contributed by atoms with Crippen molar-refractivity contribution < 1.29 is 39.3 Å². The molecule has 0 saturated carbocycles. The normalized spacial score (nSPS) is 14.4. The second kappa shape index (κ2) is 11.8. The van der Waals surface area contributed by atoms with E-state index in [0.29, 0.717) is 0 Å². The van der Waals surface area contributed by atoms with Crippen LogP contribution in [0.3, 0.4) is 0 Å². The molecule has 2 aromatic rings. The number of nitrogens with two attached hydrogens (primary N) is 1. The molecular weight excluding hydrogens is 450 g/mol. The van der Waals surface area contributed by atoms with Gasteiger partial charge < -0.3 is 42.0 Å². The van der Waals surface area contributed by atoms with Crippen molar-refractivity contribution in [1.82, 2.24) is 20.9 Å². The second-order valence-electron chi connectivity index (χ2n) is 7.64. The number of aliphatic hydroxyl groups is 1. The summed E-state index contributed by atoms with van der Waals surface area (Å²) in [5.41, 5.74) is 7.69. The Bertz CT molecular complexity index is 1070. The van der Waals surface area contributed by atoms with Gasteiger partial charge >= 0.3 is 11.9 Å². The summed E-state index contributed by atoms with van der Waals surface area (Å²) in [7, 11) is 0. The first kappa shape index (κ1) is 26.3. The standard InChI is InChI=1S/C21H27N5O8/c1-10(18(30)26-16(9-27)20(32)25-15(21(33)34)7-17(28)29)24-19(31)13(22)6-11-8-23-14-5-3-2-4-12(11)14/h2-5,8,10,13,15-16,23,27H,6-7,9,22H2,1H3,(H,24,31)(H,25,32)(H,26,30)(H,28,29)(H,33,34). The molecule has 0 aliphatic carbocycles. The number of hydrogen-bond donors (Lipinski definition) is 8. The van der Waals surface area contributed by atoms with Crippen molar-refractivity contribution in [3.63, 3.8) is 0 Å². The van der Waals surface area contributed by atoms with Gasteiger partial charge in [-0.15, -0.1) is 0 Å². The topological polar surface area (TPSA) is 224 Å². The number of H-pyrrole nitrogens is 1. The number of rotatable bonds is 12. The van der Waals surface area contributed by atoms with E-state index in [1.54, 1.807) is 6.20 Å². The predicted molar refractivity (Wildman–Crippen MR) is 118 cm³/mol. The van der Waals surface area contributed by atoms with E-state index in [-0.39, 0.29) is 6.42 Å². The average Bonchev–Trinajstić information content (AvgIpc) is 3.18. The maximum atomic E-state index is 12.5. The fraction of sp³-hybridized carbons (Fsp3) is 0.381. The van der Waals surface area contributed by atoms with Crippen LogP contribution in [0.1, 0.15) is 18.9 Å². The van der Waals surface area contributed by atoms with Crippen LogP contribution in [0.2, 0.25) is 0 Å². The van der Waals surface area contributed by atoms with Crippen LogP contribution in [0.25, 0.3) is 10.9 Å². The molecule has 3 amide bonds. The molecule has 13 nitrogen and oxygen atoms in total. The van der Waals surface area contributed by atoms with E-state index in [1.807, 2.05) is 29.6 Å². The number of aromatic amines is 1. The number of amides is 3. The third-order valence-electron chi connectivity index (χ3n) is 5.01. The Hall–Kier alpha value is -3.97. The summed E-state index contributed by atoms with van der Waals surface area (Å²) in [6, 6.07) is 2.04. The number of fused-ring (bicyclic) bond motifs is 1. The number of para-hydroxylation sites is 1. The van der Waals surface area contributed by atoms with Gasteiger partial charge in [0.1, 0.15) is 18.1 Å². The third-order valence-corrected chi connectivity index (χ3v) is 5.01. The van der Waals surface area contributed by atoms with E-state index >= 15 is 0 Å². The van der Waals surface area contributed by atoms with Crippen LogP contribution in [0.5, 0.6) is 0 Å². The van der Waals surface area contributed by atoms with Gasteiger partial charge in [-0.05, 0) is 25.0 Å². The minimum Gasteiger partial charge on any atom is -0.481 e. The molecule has 0 fully saturated rings. The highest BCUT2D eigenvalue weighted by Crippen LogP contribution is 2.18. The molecule has 1 heterocycles. The molecule has 184 valence electrons. The first-order chi connectivity index (χ1) is 16.0. The van der Waals surface area contributed by atoms with Crippen LogP contribution in [-0.4, -0.2) is 80.7 Å². The third kappa shape index (κ3) is 7.02. The number of carboxylic acid groups (broad SMARTS) is 2. The first-order valence-electron chi connectivity index (χ1n) is 10.3. The number of benzene rings is 1. The van der Waals surface area contributed by atoms with Gasteiger partial charge in [0.2, 0.25) is 17.7 Å². The summed E-state index contributed by atoms with van der Waals surface area (Å²) in [6.45, 7) is 0.445. The molecule has 2 rings (SSSR count). The summed E-state index contributed by atoms with van der Waals surface area (Å²) >= 11 is 0. The number of aliphatic carboxylic acids is 2. The van der Waals surface area contributed by atoms with Gasteiger partial charge in [-0.3, -0.25) is 19.2 Å². The maximum absolute atomic E-state index is 12.5. The molecule has 0 radical (unpaired) electrons. The lowest BCUT2D eigenvalue weighted by Gasteiger charge is -2.22. The highest BCUT2D eigenvalue weighted by atomic mass is 16.4. The quantitative estimate of drug-likeness (QED) is 0.170. The lowest BCUT2D eigenvalue weighted by atomic mass is 10.0. The van der Waals surface area contributed by atoms with Gasteiger partial charge in [0.25, 0.3) is 0 Å². The van der Waals surface area contributed by atoms with Gasteiger partial charge in [-0.1, -0.05) is 18.2 Å². The number of carbonyl (C=O) groups excluding carboxylic acids is 3. The number of hydrogen-bond acceptors (Lipinski definition) is 7. The zero-order valence-corrected chi connectivity index (χ0v) is 18.3. The molecule has 13 heteroatoms. The lowest BCUT2D eigenvalue weighted by molar-refractivity contribution is -0.147. The molecule has 0 bridgehead atoms. The Morgan fingerprint density at radius 2 is 1.62 bits per heavy atom. The van der Waals surface area contributed by atoms with E-state index in [9.17, 15) is 29.1 Å². The second-order valence-corrected chi connectivity index (χ2v) is 7.64. The van der Waals surface area contributed by atoms with Crippen LogP contribution in [0, 0.1) is 0 Å². The van der Waals surface area contributed by atoms with Gasteiger partial charge in [0.05, 0.1) is 19.1 Å². The fourth-order valence-electron chi connectivity index (χ4n) is 3.15. The molecule has 1 aromatic heterocycles. The van der Waals surface area contributed by atoms with E-state index in [4.69, 9.17) is 15.9 Å². The van der Waals surface area contributed by atoms with Crippen molar-refractivity contribution in [2.45, 2.75) is 43.9 Å². The molecule has 34 heavy (non-hydrogen) atoms. The molecular formula is C21H27N5O8. The molecule has 9 N–H and O–H groups in total. The summed E-state index contributed by atoms with van der Waals surface area (Å²) in [4.78, 5) is 61.9. The number of aromatic nitrogens is 1. The van der Waals surface area contributed by atoms with Crippen molar-refractivity contribution in [3.05, 3.63) is 36.0 Å². The average molecular weight is 477 g/mol. The Labute approximate surface area is 193 Å². The SMILES string of the molecule is CC(NC(=O)C(N)Cc1c[nH]c2ccccc12)C(=O)NC(CO)C(=O)NC(CC(=O)O)C(=O)O. The zero-order valence-electron chi connectivity index (χ0n) is 18.3. The molecule has 0 spiro atoms. The van der Waals surface area contributed by atoms with Gasteiger partial charge in [-0.25, -0.2) is 4.79 Å². The molecule has 0 aliphatic heterocycles. The summed E-state index contributed by atoms with van der Waals surface area (Å²) in [5, 5.41) is 34.6. The Balaban J connectivity index is 1.92. The molecule has 1 aromatic carbocycles. The highest BCUT2D eigenvalue weighted by Gasteiger charge is 2.29. The Morgan fingerprint density at radius 1 is 0.971 bits per heavy atom. The van der Waals surface area contributed by atoms with Crippen molar-refractivity contribution in [3.8, 4) is 0 Å². The fourth-order valence-corrected chi connectivity index (χ4v) is 3.15. The molecule has 0 aliphatic rings. The highest BCUT2D eigenvalue weighted by molar-refractivity contribution is 5.94. The van der Waals surface area contributed by atoms with Crippen molar-refractivity contribution in [1.29, 1.82) is 0 Å². The number of carbonyl (C=O) groups is 5. The van der Waals surface area contributed by atoms with Gasteiger partial charge in [0.15, 0.2) is 0 Å². The van der Waals surface area contributed by atoms with Gasteiger partial charge in [0, 0.05) is 17.1 Å². The maximum Gasteiger partial charge on any atom is 0.326 e. The van der Waals surface area contributed by atoms with Crippen molar-refractivity contribution in [2.24, 2.45) is 5.73 Å². The Kier molecular flexibility index (Phi) is 9.10. The van der Waals surface area contributed by atoms with Crippen LogP contribution in [0.15, 0.2) is 30.5 Å². The van der Waals surface area contributed by atoms with E-state index in [2.05, 4.69) is 15.6 Å². The van der Waals surface area contributed by atoms with Crippen LogP contribution in [-0.2, 0) is 30.4 Å². The lowest BCUT2D eigenvalue weighted by Crippen LogP contribution is -2.57. The summed E-state index contributed by atoms with van der Waals surface area (Å²) < 4.78 is 0. The van der Waals surface area contributed by atoms with E-state index in [0.717, 1.165) is 16.5 Å². The summed E-state index contributed by atoms with van der Waals surface area (Å²) in [6.07, 6.45) is 1.05. The van der Waals surface area contributed by atoms with Crippen LogP contribution < -0.4 is 21.7 Å². The molecule has 0 saturated heterocycles. The van der Waals surface area contributed by atoms with E-state index in [1.165, 1.54) is 6.92 Å². The largest absolute Gasteiger partial charge is 0.481 e. The van der Waals surface area contributed by atoms with Crippen molar-refractivity contribution in [2.75, 3.05) is 6.61 Å². The van der Waals surface area contributed by atoms with Crippen LogP contribution in [0.4, 0.5) is 0 Å². The first-order valence-corrected chi connectivity index (χ1v) is 10.3. The van der Waals surface area contributed by atoms with Crippen molar-refractivity contribution >= 4 is 40.6 Å². The minimum absolute atomic E-state index is 0.200. The predicted octanol–water partition coefficient (Wildman–Crippen LogP) is -1.94. The smallest absolute Gasteiger partial charge is 0.326 e. The zero-order chi connectivity index (χ0) is 25.4. The van der Waals surface area contributed by atoms with Crippen LogP contribution >= 0.6 is 0 Å². The number of nitrogens with one attached hydrogen (secondary N) is 4. The Morgan fingerprint density at radius 3 is 2.24 bits per heavy atom. The number of aliphatic hydroxyl groups excluding tert-OH is 1. The number of carboxylic acids is 2.